The molecule has 0 saturated carbocycles. The normalized spacial score (nSPS) is 10.1. The number of urea groups is 1. The Labute approximate surface area is 146 Å². The number of amides is 3. The summed E-state index contributed by atoms with van der Waals surface area (Å²) in [6.07, 6.45) is 0. The van der Waals surface area contributed by atoms with E-state index < -0.39 is 0 Å². The van der Waals surface area contributed by atoms with Gasteiger partial charge in [0.15, 0.2) is 0 Å². The van der Waals surface area contributed by atoms with Gasteiger partial charge in [0, 0.05) is 24.2 Å². The molecule has 3 amide bonds. The fourth-order valence-corrected chi connectivity index (χ4v) is 2.90. The van der Waals surface area contributed by atoms with E-state index in [0.717, 1.165) is 5.75 Å². The molecule has 2 aromatic rings. The molecule has 126 valence electrons. The van der Waals surface area contributed by atoms with Gasteiger partial charge in [-0.3, -0.25) is 4.79 Å². The third-order valence-corrected chi connectivity index (χ3v) is 4.22. The van der Waals surface area contributed by atoms with Gasteiger partial charge < -0.3 is 16.0 Å². The van der Waals surface area contributed by atoms with Crippen molar-refractivity contribution in [2.24, 2.45) is 0 Å². The number of rotatable bonds is 6. The van der Waals surface area contributed by atoms with Crippen molar-refractivity contribution in [3.63, 3.8) is 0 Å². The van der Waals surface area contributed by atoms with E-state index in [0.29, 0.717) is 17.1 Å². The van der Waals surface area contributed by atoms with E-state index >= 15 is 0 Å². The van der Waals surface area contributed by atoms with Crippen LogP contribution in [0.5, 0.6) is 0 Å². The summed E-state index contributed by atoms with van der Waals surface area (Å²) in [6.45, 7) is 2.06. The van der Waals surface area contributed by atoms with Crippen molar-refractivity contribution < 1.29 is 9.59 Å². The van der Waals surface area contributed by atoms with Crippen LogP contribution in [0.4, 0.5) is 16.2 Å². The van der Waals surface area contributed by atoms with Gasteiger partial charge in [-0.25, -0.2) is 4.79 Å². The molecule has 2 rings (SSSR count). The van der Waals surface area contributed by atoms with E-state index in [1.54, 1.807) is 43.1 Å². The van der Waals surface area contributed by atoms with Gasteiger partial charge in [-0.15, -0.1) is 11.8 Å². The van der Waals surface area contributed by atoms with Gasteiger partial charge in [-0.2, -0.15) is 0 Å². The number of benzene rings is 2. The number of aryl methyl sites for hydroxylation is 1. The highest BCUT2D eigenvalue weighted by molar-refractivity contribution is 7.99. The van der Waals surface area contributed by atoms with Crippen LogP contribution in [0.1, 0.15) is 11.1 Å². The molecular formula is C18H21N3O2S. The smallest absolute Gasteiger partial charge is 0.318 e. The molecule has 0 unspecified atom stereocenters. The predicted molar refractivity (Wildman–Crippen MR) is 100 cm³/mol. The second kappa shape index (κ2) is 8.98. The number of hydrogen-bond donors (Lipinski definition) is 3. The van der Waals surface area contributed by atoms with Crippen LogP contribution in [-0.2, 0) is 10.5 Å². The molecule has 0 bridgehead atoms. The Kier molecular flexibility index (Phi) is 6.69. The fraction of sp³-hybridized carbons (Fsp3) is 0.222. The quantitative estimate of drug-likeness (QED) is 0.750. The van der Waals surface area contributed by atoms with E-state index in [-0.39, 0.29) is 11.9 Å². The Hall–Kier alpha value is -2.47. The summed E-state index contributed by atoms with van der Waals surface area (Å²) >= 11 is 1.57. The van der Waals surface area contributed by atoms with Crippen molar-refractivity contribution in [2.75, 3.05) is 23.4 Å². The third kappa shape index (κ3) is 5.96. The lowest BCUT2D eigenvalue weighted by Crippen LogP contribution is -2.24. The molecule has 0 aliphatic carbocycles. The van der Waals surface area contributed by atoms with Gasteiger partial charge in [0.25, 0.3) is 0 Å². The van der Waals surface area contributed by atoms with Crippen molar-refractivity contribution >= 4 is 35.1 Å². The first-order valence-corrected chi connectivity index (χ1v) is 8.74. The topological polar surface area (TPSA) is 70.2 Å². The van der Waals surface area contributed by atoms with E-state index in [2.05, 4.69) is 41.1 Å². The Bertz CT molecular complexity index is 719. The summed E-state index contributed by atoms with van der Waals surface area (Å²) in [5, 5.41) is 7.99. The van der Waals surface area contributed by atoms with Gasteiger partial charge in [0.2, 0.25) is 5.91 Å². The van der Waals surface area contributed by atoms with Crippen molar-refractivity contribution in [1.82, 2.24) is 5.32 Å². The molecule has 3 N–H and O–H groups in total. The lowest BCUT2D eigenvalue weighted by Gasteiger charge is -2.08. The highest BCUT2D eigenvalue weighted by atomic mass is 32.2. The minimum Gasteiger partial charge on any atom is -0.341 e. The highest BCUT2D eigenvalue weighted by Gasteiger charge is 2.05. The molecule has 0 aliphatic rings. The van der Waals surface area contributed by atoms with Crippen LogP contribution in [-0.4, -0.2) is 24.7 Å². The summed E-state index contributed by atoms with van der Waals surface area (Å²) in [5.41, 5.74) is 3.71. The first-order chi connectivity index (χ1) is 11.6. The number of thioether (sulfide) groups is 1. The molecule has 0 aromatic heterocycles. The van der Waals surface area contributed by atoms with Gasteiger partial charge in [-0.1, -0.05) is 35.9 Å². The number of carbonyl (C=O) groups is 2. The zero-order valence-corrected chi connectivity index (χ0v) is 14.6. The molecular weight excluding hydrogens is 322 g/mol. The van der Waals surface area contributed by atoms with Crippen LogP contribution >= 0.6 is 11.8 Å². The van der Waals surface area contributed by atoms with E-state index in [1.165, 1.54) is 11.1 Å². The zero-order chi connectivity index (χ0) is 17.4. The average Bonchev–Trinajstić information content (AvgIpc) is 2.55. The Morgan fingerprint density at radius 2 is 1.71 bits per heavy atom. The van der Waals surface area contributed by atoms with Gasteiger partial charge >= 0.3 is 6.03 Å². The monoisotopic (exact) mass is 343 g/mol. The molecule has 5 nitrogen and oxygen atoms in total. The zero-order valence-electron chi connectivity index (χ0n) is 13.8. The molecule has 6 heteroatoms. The SMILES string of the molecule is CNC(=O)Nc1cccc(NC(=O)CSCc2cccc(C)c2)c1. The molecule has 0 atom stereocenters. The van der Waals surface area contributed by atoms with Crippen LogP contribution in [0.3, 0.4) is 0 Å². The molecule has 0 fully saturated rings. The molecule has 0 radical (unpaired) electrons. The van der Waals surface area contributed by atoms with E-state index in [4.69, 9.17) is 0 Å². The summed E-state index contributed by atoms with van der Waals surface area (Å²) in [6, 6.07) is 15.0. The summed E-state index contributed by atoms with van der Waals surface area (Å²) in [5.74, 6) is 1.11. The fourth-order valence-electron chi connectivity index (χ4n) is 2.13. The van der Waals surface area contributed by atoms with Crippen LogP contribution in [0.2, 0.25) is 0 Å². The minimum atomic E-state index is -0.299. The maximum absolute atomic E-state index is 12.0. The van der Waals surface area contributed by atoms with Gasteiger partial charge in [-0.05, 0) is 30.7 Å². The Balaban J connectivity index is 1.81. The second-order valence-corrected chi connectivity index (χ2v) is 6.30. The lowest BCUT2D eigenvalue weighted by atomic mass is 10.2. The number of nitrogens with one attached hydrogen (secondary N) is 3. The summed E-state index contributed by atoms with van der Waals surface area (Å²) < 4.78 is 0. The maximum Gasteiger partial charge on any atom is 0.318 e. The molecule has 2 aromatic carbocycles. The highest BCUT2D eigenvalue weighted by Crippen LogP contribution is 2.17. The van der Waals surface area contributed by atoms with Crippen molar-refractivity contribution in [1.29, 1.82) is 0 Å². The van der Waals surface area contributed by atoms with E-state index in [9.17, 15) is 9.59 Å². The molecule has 0 spiro atoms. The Morgan fingerprint density at radius 3 is 2.42 bits per heavy atom. The van der Waals surface area contributed by atoms with Gasteiger partial charge in [0.05, 0.1) is 5.75 Å². The van der Waals surface area contributed by atoms with Crippen molar-refractivity contribution in [3.05, 3.63) is 59.7 Å². The van der Waals surface area contributed by atoms with Crippen LogP contribution in [0.15, 0.2) is 48.5 Å². The van der Waals surface area contributed by atoms with Crippen LogP contribution in [0.25, 0.3) is 0 Å². The summed E-state index contributed by atoms with van der Waals surface area (Å²) in [4.78, 5) is 23.3. The van der Waals surface area contributed by atoms with Crippen molar-refractivity contribution in [2.45, 2.75) is 12.7 Å². The Morgan fingerprint density at radius 1 is 1.00 bits per heavy atom. The van der Waals surface area contributed by atoms with Crippen molar-refractivity contribution in [3.8, 4) is 0 Å². The number of anilines is 2. The van der Waals surface area contributed by atoms with Crippen LogP contribution < -0.4 is 16.0 Å². The van der Waals surface area contributed by atoms with E-state index in [1.807, 2.05) is 6.07 Å². The molecule has 0 saturated heterocycles. The maximum atomic E-state index is 12.0. The second-order valence-electron chi connectivity index (χ2n) is 5.31. The lowest BCUT2D eigenvalue weighted by molar-refractivity contribution is -0.113. The standard InChI is InChI=1S/C18H21N3O2S/c1-13-5-3-6-14(9-13)11-24-12-17(22)20-15-7-4-8-16(10-15)21-18(23)19-2/h3-10H,11-12H2,1-2H3,(H,20,22)(H2,19,21,23). The van der Waals surface area contributed by atoms with Crippen LogP contribution in [0, 0.1) is 6.92 Å². The predicted octanol–water partition coefficient (Wildman–Crippen LogP) is 3.62. The average molecular weight is 343 g/mol. The number of carbonyl (C=O) groups excluding carboxylic acids is 2. The first kappa shape index (κ1) is 17.9. The first-order valence-electron chi connectivity index (χ1n) is 7.59. The molecule has 24 heavy (non-hydrogen) atoms. The largest absolute Gasteiger partial charge is 0.341 e. The minimum absolute atomic E-state index is 0.0650. The molecule has 0 heterocycles. The van der Waals surface area contributed by atoms with Gasteiger partial charge in [0.1, 0.15) is 0 Å². The number of hydrogen-bond acceptors (Lipinski definition) is 3. The summed E-state index contributed by atoms with van der Waals surface area (Å²) in [7, 11) is 1.55. The molecule has 0 aliphatic heterocycles. The third-order valence-electron chi connectivity index (χ3n) is 3.22.